The Bertz CT molecular complexity index is 1020. The standard InChI is InChI=1S/C25H32ClN5O2/c26-21-12-17(6-7-18(21)15-32)13-27-22-20(23(33)29-19-4-2-1-3-5-19)14-28-24(30-22)31-11-10-25(16-31)8-9-25/h6-7,12,14,19,32H,1-5,8-11,13,15-16H2,(H,29,33)(H,27,28,30). The van der Waals surface area contributed by atoms with Gasteiger partial charge in [-0.25, -0.2) is 4.98 Å². The minimum atomic E-state index is -0.121. The summed E-state index contributed by atoms with van der Waals surface area (Å²) < 4.78 is 0. The molecule has 8 heteroatoms. The Kier molecular flexibility index (Phi) is 6.43. The normalized spacial score (nSPS) is 19.6. The minimum absolute atomic E-state index is 0.0926. The van der Waals surface area contributed by atoms with Gasteiger partial charge in [0, 0.05) is 36.9 Å². The third-order valence-corrected chi connectivity index (χ3v) is 7.74. The molecule has 3 aliphatic rings. The number of aliphatic hydroxyl groups excluding tert-OH is 1. The van der Waals surface area contributed by atoms with Gasteiger partial charge in [-0.05, 0) is 54.7 Å². The van der Waals surface area contributed by atoms with Crippen LogP contribution in [0.2, 0.25) is 5.02 Å². The molecule has 0 unspecified atom stereocenters. The number of benzene rings is 1. The number of hydrogen-bond donors (Lipinski definition) is 3. The third kappa shape index (κ3) is 5.09. The molecule has 0 atom stereocenters. The van der Waals surface area contributed by atoms with E-state index in [-0.39, 0.29) is 18.6 Å². The highest BCUT2D eigenvalue weighted by atomic mass is 35.5. The Morgan fingerprint density at radius 1 is 1.21 bits per heavy atom. The van der Waals surface area contributed by atoms with Crippen molar-refractivity contribution in [3.63, 3.8) is 0 Å². The first-order valence-electron chi connectivity index (χ1n) is 12.1. The molecule has 1 aliphatic heterocycles. The van der Waals surface area contributed by atoms with Crippen LogP contribution in [0.4, 0.5) is 11.8 Å². The molecule has 5 rings (SSSR count). The molecule has 3 fully saturated rings. The van der Waals surface area contributed by atoms with Gasteiger partial charge in [-0.15, -0.1) is 0 Å². The van der Waals surface area contributed by atoms with E-state index in [9.17, 15) is 9.90 Å². The molecule has 1 spiro atoms. The maximum absolute atomic E-state index is 13.1. The second-order valence-corrected chi connectivity index (χ2v) is 10.3. The van der Waals surface area contributed by atoms with Gasteiger partial charge in [0.2, 0.25) is 5.95 Å². The largest absolute Gasteiger partial charge is 0.392 e. The molecule has 2 heterocycles. The Morgan fingerprint density at radius 2 is 2.03 bits per heavy atom. The van der Waals surface area contributed by atoms with Crippen molar-refractivity contribution in [1.29, 1.82) is 0 Å². The van der Waals surface area contributed by atoms with Crippen molar-refractivity contribution in [3.8, 4) is 0 Å². The molecular weight excluding hydrogens is 438 g/mol. The Morgan fingerprint density at radius 3 is 2.73 bits per heavy atom. The van der Waals surface area contributed by atoms with Gasteiger partial charge in [0.05, 0.1) is 6.61 Å². The fourth-order valence-corrected chi connectivity index (χ4v) is 5.30. The Labute approximate surface area is 200 Å². The first kappa shape index (κ1) is 22.4. The number of nitrogens with one attached hydrogen (secondary N) is 2. The van der Waals surface area contributed by atoms with Gasteiger partial charge in [0.25, 0.3) is 5.91 Å². The molecule has 2 saturated carbocycles. The summed E-state index contributed by atoms with van der Waals surface area (Å²) in [5, 5.41) is 16.4. The molecule has 1 aromatic heterocycles. The minimum Gasteiger partial charge on any atom is -0.392 e. The average Bonchev–Trinajstić information content (AvgIpc) is 3.46. The quantitative estimate of drug-likeness (QED) is 0.560. The fraction of sp³-hybridized carbons (Fsp3) is 0.560. The number of aliphatic hydroxyl groups is 1. The molecule has 33 heavy (non-hydrogen) atoms. The van der Waals surface area contributed by atoms with Crippen LogP contribution in [0.1, 0.15) is 72.9 Å². The molecular formula is C25H32ClN5O2. The predicted octanol–water partition coefficient (Wildman–Crippen LogP) is 4.29. The Balaban J connectivity index is 1.36. The second-order valence-electron chi connectivity index (χ2n) is 9.85. The highest BCUT2D eigenvalue weighted by molar-refractivity contribution is 6.31. The Hall–Kier alpha value is -2.38. The topological polar surface area (TPSA) is 90.4 Å². The van der Waals surface area contributed by atoms with Crippen LogP contribution < -0.4 is 15.5 Å². The number of nitrogens with zero attached hydrogens (tertiary/aromatic N) is 3. The molecule has 1 saturated heterocycles. The summed E-state index contributed by atoms with van der Waals surface area (Å²) in [7, 11) is 0. The molecule has 0 bridgehead atoms. The van der Waals surface area contributed by atoms with Gasteiger partial charge in [-0.3, -0.25) is 4.79 Å². The van der Waals surface area contributed by atoms with Gasteiger partial charge in [-0.2, -0.15) is 4.98 Å². The van der Waals surface area contributed by atoms with Crippen molar-refractivity contribution in [1.82, 2.24) is 15.3 Å². The molecule has 2 aliphatic carbocycles. The van der Waals surface area contributed by atoms with E-state index >= 15 is 0 Å². The van der Waals surface area contributed by atoms with Crippen molar-refractivity contribution in [2.45, 2.75) is 70.6 Å². The number of anilines is 2. The maximum atomic E-state index is 13.1. The van der Waals surface area contributed by atoms with Crippen molar-refractivity contribution in [3.05, 3.63) is 46.1 Å². The lowest BCUT2D eigenvalue weighted by Gasteiger charge is -2.24. The van der Waals surface area contributed by atoms with Gasteiger partial charge in [0.1, 0.15) is 11.4 Å². The zero-order chi connectivity index (χ0) is 22.8. The number of halogens is 1. The van der Waals surface area contributed by atoms with E-state index in [0.29, 0.717) is 39.9 Å². The summed E-state index contributed by atoms with van der Waals surface area (Å²) >= 11 is 6.26. The van der Waals surface area contributed by atoms with E-state index < -0.39 is 0 Å². The zero-order valence-electron chi connectivity index (χ0n) is 18.9. The van der Waals surface area contributed by atoms with Crippen molar-refractivity contribution >= 4 is 29.3 Å². The average molecular weight is 470 g/mol. The number of aromatic nitrogens is 2. The maximum Gasteiger partial charge on any atom is 0.256 e. The molecule has 176 valence electrons. The van der Waals surface area contributed by atoms with Crippen LogP contribution in [0, 0.1) is 5.41 Å². The lowest BCUT2D eigenvalue weighted by molar-refractivity contribution is 0.0928. The van der Waals surface area contributed by atoms with Gasteiger partial charge >= 0.3 is 0 Å². The predicted molar refractivity (Wildman–Crippen MR) is 130 cm³/mol. The van der Waals surface area contributed by atoms with E-state index in [0.717, 1.165) is 44.3 Å². The van der Waals surface area contributed by atoms with E-state index in [2.05, 4.69) is 20.5 Å². The van der Waals surface area contributed by atoms with Crippen LogP contribution in [0.25, 0.3) is 0 Å². The van der Waals surface area contributed by atoms with Gasteiger partial charge in [0.15, 0.2) is 0 Å². The van der Waals surface area contributed by atoms with E-state index in [1.807, 2.05) is 18.2 Å². The summed E-state index contributed by atoms with van der Waals surface area (Å²) in [6.45, 7) is 2.34. The van der Waals surface area contributed by atoms with E-state index in [1.54, 1.807) is 6.20 Å². The van der Waals surface area contributed by atoms with E-state index in [4.69, 9.17) is 16.6 Å². The summed E-state index contributed by atoms with van der Waals surface area (Å²) in [4.78, 5) is 24.8. The number of rotatable bonds is 7. The number of carbonyl (C=O) groups excluding carboxylic acids is 1. The van der Waals surface area contributed by atoms with Gasteiger partial charge < -0.3 is 20.6 Å². The third-order valence-electron chi connectivity index (χ3n) is 7.39. The zero-order valence-corrected chi connectivity index (χ0v) is 19.7. The summed E-state index contributed by atoms with van der Waals surface area (Å²) in [6, 6.07) is 5.80. The van der Waals surface area contributed by atoms with Gasteiger partial charge in [-0.1, -0.05) is 43.0 Å². The van der Waals surface area contributed by atoms with Crippen molar-refractivity contribution in [2.24, 2.45) is 5.41 Å². The first-order chi connectivity index (χ1) is 16.0. The summed E-state index contributed by atoms with van der Waals surface area (Å²) in [5.41, 5.74) is 2.59. The lowest BCUT2D eigenvalue weighted by Crippen LogP contribution is -2.36. The molecule has 1 aromatic carbocycles. The summed E-state index contributed by atoms with van der Waals surface area (Å²) in [5.74, 6) is 1.11. The van der Waals surface area contributed by atoms with Crippen molar-refractivity contribution < 1.29 is 9.90 Å². The lowest BCUT2D eigenvalue weighted by atomic mass is 9.95. The molecule has 3 N–H and O–H groups in total. The summed E-state index contributed by atoms with van der Waals surface area (Å²) in [6.07, 6.45) is 11.1. The molecule has 2 aromatic rings. The fourth-order valence-electron chi connectivity index (χ4n) is 5.04. The van der Waals surface area contributed by atoms with Crippen LogP contribution in [-0.4, -0.2) is 40.1 Å². The van der Waals surface area contributed by atoms with Crippen LogP contribution in [0.3, 0.4) is 0 Å². The number of carbonyl (C=O) groups is 1. The van der Waals surface area contributed by atoms with Crippen LogP contribution in [0.15, 0.2) is 24.4 Å². The van der Waals surface area contributed by atoms with Crippen molar-refractivity contribution in [2.75, 3.05) is 23.3 Å². The monoisotopic (exact) mass is 469 g/mol. The molecule has 1 amide bonds. The second kappa shape index (κ2) is 9.47. The highest BCUT2D eigenvalue weighted by Gasteiger charge is 2.48. The van der Waals surface area contributed by atoms with Crippen LogP contribution in [0.5, 0.6) is 0 Å². The first-order valence-corrected chi connectivity index (χ1v) is 12.5. The highest BCUT2D eigenvalue weighted by Crippen LogP contribution is 2.53. The number of hydrogen-bond acceptors (Lipinski definition) is 6. The molecule has 0 radical (unpaired) electrons. The van der Waals surface area contributed by atoms with Crippen LogP contribution >= 0.6 is 11.6 Å². The van der Waals surface area contributed by atoms with E-state index in [1.165, 1.54) is 25.7 Å². The smallest absolute Gasteiger partial charge is 0.256 e. The SMILES string of the molecule is O=C(NC1CCCCC1)c1cnc(N2CCC3(CC3)C2)nc1NCc1ccc(CO)c(Cl)c1. The number of amides is 1. The molecule has 7 nitrogen and oxygen atoms in total. The van der Waals surface area contributed by atoms with Crippen LogP contribution in [-0.2, 0) is 13.2 Å².